The Kier molecular flexibility index (Phi) is 2.07. The molecule has 2 N–H and O–H groups in total. The molecule has 0 aliphatic carbocycles. The fourth-order valence-corrected chi connectivity index (χ4v) is 1.76. The van der Waals surface area contributed by atoms with Crippen molar-refractivity contribution >= 4 is 20.4 Å². The van der Waals surface area contributed by atoms with E-state index in [4.69, 9.17) is 9.11 Å². The number of hydrogen-bond acceptors (Lipinski definition) is 7. The van der Waals surface area contributed by atoms with Crippen molar-refractivity contribution in [1.29, 1.82) is 0 Å². The van der Waals surface area contributed by atoms with Gasteiger partial charge in [-0.2, -0.15) is 16.8 Å². The average molecular weight is 230 g/mol. The minimum Gasteiger partial charge on any atom is -0.279 e. The third-order valence-electron chi connectivity index (χ3n) is 0.864. The molecule has 0 aliphatic rings. The van der Waals surface area contributed by atoms with Crippen molar-refractivity contribution in [2.75, 3.05) is 0 Å². The standard InChI is InChI=1S/CH2N4O6S2/c6-12(7,8)1-2-3-4-5(1)13(9,10)11/h(H,6,7,8)(H,9,10,11). The number of rotatable bonds is 2. The Hall–Kier alpha value is -1.11. The first-order valence-corrected chi connectivity index (χ1v) is 5.30. The molecule has 1 rings (SSSR count). The Bertz CT molecular complexity index is 462. The molecule has 0 amide bonds. The van der Waals surface area contributed by atoms with Gasteiger partial charge in [-0.25, -0.2) is 0 Å². The van der Waals surface area contributed by atoms with Crippen LogP contribution in [0.2, 0.25) is 0 Å². The van der Waals surface area contributed by atoms with Crippen molar-refractivity contribution in [2.24, 2.45) is 0 Å². The van der Waals surface area contributed by atoms with E-state index >= 15 is 0 Å². The van der Waals surface area contributed by atoms with Gasteiger partial charge in [0.25, 0.3) is 0 Å². The Morgan fingerprint density at radius 3 is 2.00 bits per heavy atom. The molecule has 13 heavy (non-hydrogen) atoms. The molecule has 0 fully saturated rings. The lowest BCUT2D eigenvalue weighted by Gasteiger charge is -1.95. The summed E-state index contributed by atoms with van der Waals surface area (Å²) in [5.74, 6) is 0. The monoisotopic (exact) mass is 230 g/mol. The van der Waals surface area contributed by atoms with Gasteiger partial charge >= 0.3 is 25.6 Å². The highest BCUT2D eigenvalue weighted by Gasteiger charge is 2.26. The average Bonchev–Trinajstić information content (AvgIpc) is 2.27. The zero-order valence-electron chi connectivity index (χ0n) is 5.63. The summed E-state index contributed by atoms with van der Waals surface area (Å²) in [7, 11) is -9.82. The lowest BCUT2D eigenvalue weighted by molar-refractivity contribution is 0.443. The largest absolute Gasteiger partial charge is 0.383 e. The van der Waals surface area contributed by atoms with E-state index in [0.29, 0.717) is 0 Å². The van der Waals surface area contributed by atoms with Crippen molar-refractivity contribution in [1.82, 2.24) is 19.6 Å². The second-order valence-corrected chi connectivity index (χ2v) is 4.31. The van der Waals surface area contributed by atoms with E-state index in [2.05, 4.69) is 15.5 Å². The van der Waals surface area contributed by atoms with E-state index in [-0.39, 0.29) is 0 Å². The maximum absolute atomic E-state index is 10.4. The van der Waals surface area contributed by atoms with Crippen LogP contribution in [0.15, 0.2) is 5.16 Å². The van der Waals surface area contributed by atoms with Crippen LogP contribution in [0.1, 0.15) is 0 Å². The fraction of sp³-hybridized carbons (Fsp3) is 0. The maximum atomic E-state index is 10.4. The highest BCUT2D eigenvalue weighted by atomic mass is 32.2. The molecule has 10 nitrogen and oxygen atoms in total. The van der Waals surface area contributed by atoms with Crippen molar-refractivity contribution in [3.05, 3.63) is 0 Å². The van der Waals surface area contributed by atoms with Crippen LogP contribution in [0.3, 0.4) is 0 Å². The molecule has 1 aromatic heterocycles. The lowest BCUT2D eigenvalue weighted by atomic mass is 11.4. The summed E-state index contributed by atoms with van der Waals surface area (Å²) in [5.41, 5.74) is 0. The summed E-state index contributed by atoms with van der Waals surface area (Å²) in [6, 6.07) is 0. The number of hydrogen-bond donors (Lipinski definition) is 2. The van der Waals surface area contributed by atoms with Gasteiger partial charge in [-0.05, 0) is 10.4 Å². The number of aromatic nitrogens is 4. The molecule has 1 aromatic rings. The second kappa shape index (κ2) is 2.69. The molecule has 0 aliphatic heterocycles. The highest BCUT2D eigenvalue weighted by molar-refractivity contribution is 7.87. The van der Waals surface area contributed by atoms with Crippen LogP contribution < -0.4 is 0 Å². The summed E-state index contributed by atoms with van der Waals surface area (Å²) in [4.78, 5) is 0. The molecule has 0 saturated heterocycles. The summed E-state index contributed by atoms with van der Waals surface area (Å²) < 4.78 is 57.7. The normalized spacial score (nSPS) is 13.1. The Morgan fingerprint density at radius 2 is 1.69 bits per heavy atom. The molecule has 0 bridgehead atoms. The van der Waals surface area contributed by atoms with Crippen molar-refractivity contribution in [3.8, 4) is 0 Å². The minimum absolute atomic E-state index is 0.428. The first-order chi connectivity index (χ1) is 5.73. The summed E-state index contributed by atoms with van der Waals surface area (Å²) in [5, 5.41) is 6.57. The SMILES string of the molecule is O=S(=O)(O)c1nnnn1S(=O)(=O)O. The Morgan fingerprint density at radius 1 is 1.15 bits per heavy atom. The summed E-state index contributed by atoms with van der Waals surface area (Å²) >= 11 is 0. The second-order valence-electron chi connectivity index (χ2n) is 1.76. The van der Waals surface area contributed by atoms with E-state index in [9.17, 15) is 16.8 Å². The molecule has 0 saturated carbocycles. The lowest BCUT2D eigenvalue weighted by Crippen LogP contribution is -2.18. The number of tetrazole rings is 1. The molecule has 74 valence electrons. The van der Waals surface area contributed by atoms with Gasteiger partial charge in [0, 0.05) is 0 Å². The van der Waals surface area contributed by atoms with Gasteiger partial charge in [-0.1, -0.05) is 9.19 Å². The Balaban J connectivity index is 3.54. The van der Waals surface area contributed by atoms with Gasteiger partial charge in [0.1, 0.15) is 0 Å². The Labute approximate surface area is 71.8 Å². The molecular formula is CH2N4O6S2. The van der Waals surface area contributed by atoms with E-state index in [0.717, 1.165) is 0 Å². The van der Waals surface area contributed by atoms with Crippen LogP contribution >= 0.6 is 0 Å². The molecule has 1 heterocycles. The summed E-state index contributed by atoms with van der Waals surface area (Å²) in [6.45, 7) is 0. The molecule has 0 spiro atoms. The number of nitrogens with zero attached hydrogens (tertiary/aromatic N) is 4. The van der Waals surface area contributed by atoms with Crippen LogP contribution in [-0.2, 0) is 20.4 Å². The van der Waals surface area contributed by atoms with E-state index in [1.807, 2.05) is 0 Å². The molecule has 0 aromatic carbocycles. The third-order valence-corrected chi connectivity index (χ3v) is 2.38. The van der Waals surface area contributed by atoms with Crippen LogP contribution in [0, 0.1) is 0 Å². The van der Waals surface area contributed by atoms with Crippen molar-refractivity contribution < 1.29 is 25.9 Å². The predicted molar refractivity (Wildman–Crippen MR) is 34.6 cm³/mol. The highest BCUT2D eigenvalue weighted by Crippen LogP contribution is 2.03. The zero-order valence-corrected chi connectivity index (χ0v) is 7.27. The van der Waals surface area contributed by atoms with Crippen molar-refractivity contribution in [2.45, 2.75) is 5.16 Å². The first kappa shape index (κ1) is 9.97. The first-order valence-electron chi connectivity index (χ1n) is 2.47. The van der Waals surface area contributed by atoms with Crippen molar-refractivity contribution in [3.63, 3.8) is 0 Å². The topological polar surface area (TPSA) is 152 Å². The molecular weight excluding hydrogens is 228 g/mol. The quantitative estimate of drug-likeness (QED) is 0.528. The van der Waals surface area contributed by atoms with Gasteiger partial charge in [-0.3, -0.25) is 9.11 Å². The van der Waals surface area contributed by atoms with E-state index < -0.39 is 29.7 Å². The van der Waals surface area contributed by atoms with Gasteiger partial charge in [-0.15, -0.1) is 0 Å². The molecule has 0 atom stereocenters. The fourth-order valence-electron chi connectivity index (χ4n) is 0.466. The van der Waals surface area contributed by atoms with Gasteiger partial charge in [0.2, 0.25) is 0 Å². The summed E-state index contributed by atoms with van der Waals surface area (Å²) in [6.07, 6.45) is 0. The van der Waals surface area contributed by atoms with E-state index in [1.165, 1.54) is 0 Å². The van der Waals surface area contributed by atoms with Gasteiger partial charge < -0.3 is 0 Å². The molecule has 0 unspecified atom stereocenters. The predicted octanol–water partition coefficient (Wildman–Crippen LogP) is -2.43. The van der Waals surface area contributed by atoms with Crippen LogP contribution in [0.4, 0.5) is 0 Å². The van der Waals surface area contributed by atoms with Gasteiger partial charge in [0.15, 0.2) is 0 Å². The van der Waals surface area contributed by atoms with Crippen LogP contribution in [0.25, 0.3) is 0 Å². The molecule has 0 radical (unpaired) electrons. The van der Waals surface area contributed by atoms with Gasteiger partial charge in [0.05, 0.1) is 0 Å². The van der Waals surface area contributed by atoms with Crippen LogP contribution in [0.5, 0.6) is 0 Å². The van der Waals surface area contributed by atoms with Crippen LogP contribution in [-0.4, -0.2) is 45.6 Å². The smallest absolute Gasteiger partial charge is 0.279 e. The minimum atomic E-state index is -4.93. The molecule has 12 heteroatoms. The maximum Gasteiger partial charge on any atom is 0.383 e. The third kappa shape index (κ3) is 1.97. The zero-order chi connectivity index (χ0) is 10.3. The van der Waals surface area contributed by atoms with E-state index in [1.54, 1.807) is 0 Å².